The molecule has 0 unspecified atom stereocenters. The van der Waals surface area contributed by atoms with Gasteiger partial charge in [0.05, 0.1) is 27.7 Å². The van der Waals surface area contributed by atoms with E-state index in [2.05, 4.69) is 16.0 Å². The Morgan fingerprint density at radius 1 is 1.05 bits per heavy atom. The number of aromatic nitrogens is 2. The molecule has 0 saturated carbocycles. The second-order valence-electron chi connectivity index (χ2n) is 9.49. The molecule has 0 radical (unpaired) electrons. The first-order chi connectivity index (χ1) is 17.7. The van der Waals surface area contributed by atoms with Crippen LogP contribution in [0.4, 0.5) is 0 Å². The summed E-state index contributed by atoms with van der Waals surface area (Å²) in [7, 11) is -6.23. The number of sulfone groups is 2. The second kappa shape index (κ2) is 10.1. The summed E-state index contributed by atoms with van der Waals surface area (Å²) in [6.07, 6.45) is 2.56. The summed E-state index contributed by atoms with van der Waals surface area (Å²) >= 11 is 0. The molecule has 37 heavy (non-hydrogen) atoms. The Hall–Kier alpha value is -2.95. The molecule has 0 amide bonds. The van der Waals surface area contributed by atoms with Gasteiger partial charge < -0.3 is 9.74 Å². The van der Waals surface area contributed by atoms with Gasteiger partial charge in [0.1, 0.15) is 6.61 Å². The lowest BCUT2D eigenvalue weighted by atomic mass is 10.00. The van der Waals surface area contributed by atoms with E-state index in [9.17, 15) is 16.8 Å². The second-order valence-corrected chi connectivity index (χ2v) is 14.1. The van der Waals surface area contributed by atoms with Gasteiger partial charge in [-0.3, -0.25) is 0 Å². The van der Waals surface area contributed by atoms with E-state index in [1.807, 2.05) is 37.4 Å². The highest BCUT2D eigenvalue weighted by Gasteiger charge is 2.22. The van der Waals surface area contributed by atoms with E-state index in [0.29, 0.717) is 30.2 Å². The van der Waals surface area contributed by atoms with Crippen molar-refractivity contribution >= 4 is 41.6 Å². The first-order valence-electron chi connectivity index (χ1n) is 12.5. The molecule has 2 aromatic carbocycles. The molecule has 1 aliphatic rings. The van der Waals surface area contributed by atoms with Gasteiger partial charge in [0.2, 0.25) is 0 Å². The Morgan fingerprint density at radius 3 is 2.57 bits per heavy atom. The van der Waals surface area contributed by atoms with Crippen LogP contribution in [0.3, 0.4) is 0 Å². The number of fused-ring (bicyclic) bond motifs is 3. The van der Waals surface area contributed by atoms with E-state index in [1.165, 1.54) is 0 Å². The van der Waals surface area contributed by atoms with Crippen molar-refractivity contribution in [2.45, 2.75) is 25.2 Å². The average Bonchev–Trinajstić information content (AvgIpc) is 3.20. The standard InChI is InChI=1S/C27H31N3O5S2/c1-3-37(33,34)22-8-4-7-21(18-22)23-9-5-10-25-26(23)24-17-20(2)19-28-27(24)30(25)35-14-6-11-29-12-15-36(31,32)16-13-29/h4-5,7-10,17-19H,3,6,11-16H2,1-2H3. The Bertz CT molecular complexity index is 1660. The highest BCUT2D eigenvalue weighted by atomic mass is 32.2. The summed E-state index contributed by atoms with van der Waals surface area (Å²) in [4.78, 5) is 13.4. The van der Waals surface area contributed by atoms with Gasteiger partial charge in [-0.05, 0) is 54.3 Å². The number of hydrogen-bond donors (Lipinski definition) is 0. The van der Waals surface area contributed by atoms with Crippen molar-refractivity contribution in [3.63, 3.8) is 0 Å². The van der Waals surface area contributed by atoms with Gasteiger partial charge in [-0.15, -0.1) is 0 Å². The van der Waals surface area contributed by atoms with E-state index in [1.54, 1.807) is 29.9 Å². The van der Waals surface area contributed by atoms with Crippen LogP contribution in [0.2, 0.25) is 0 Å². The molecule has 2 aromatic heterocycles. The lowest BCUT2D eigenvalue weighted by molar-refractivity contribution is 0.117. The molecule has 0 bridgehead atoms. The van der Waals surface area contributed by atoms with Crippen molar-refractivity contribution in [3.05, 3.63) is 60.3 Å². The van der Waals surface area contributed by atoms with Crippen LogP contribution in [0.15, 0.2) is 59.6 Å². The zero-order valence-corrected chi connectivity index (χ0v) is 22.7. The number of benzene rings is 2. The molecule has 10 heteroatoms. The van der Waals surface area contributed by atoms with E-state index in [-0.39, 0.29) is 17.3 Å². The van der Waals surface area contributed by atoms with Crippen LogP contribution in [-0.2, 0) is 19.7 Å². The molecule has 1 aliphatic heterocycles. The van der Waals surface area contributed by atoms with Crippen LogP contribution in [0, 0.1) is 6.92 Å². The van der Waals surface area contributed by atoms with Gasteiger partial charge in [0, 0.05) is 36.6 Å². The van der Waals surface area contributed by atoms with E-state index < -0.39 is 19.7 Å². The predicted molar refractivity (Wildman–Crippen MR) is 146 cm³/mol. The number of nitrogens with zero attached hydrogens (tertiary/aromatic N) is 3. The van der Waals surface area contributed by atoms with Gasteiger partial charge >= 0.3 is 0 Å². The van der Waals surface area contributed by atoms with Crippen LogP contribution >= 0.6 is 0 Å². The highest BCUT2D eigenvalue weighted by Crippen LogP contribution is 2.36. The average molecular weight is 542 g/mol. The third kappa shape index (κ3) is 5.23. The monoisotopic (exact) mass is 541 g/mol. The van der Waals surface area contributed by atoms with Crippen LogP contribution in [-0.4, -0.2) is 74.9 Å². The Morgan fingerprint density at radius 2 is 1.81 bits per heavy atom. The van der Waals surface area contributed by atoms with Gasteiger partial charge in [-0.25, -0.2) is 21.8 Å². The zero-order valence-electron chi connectivity index (χ0n) is 21.1. The Kier molecular flexibility index (Phi) is 6.99. The van der Waals surface area contributed by atoms with Gasteiger partial charge in [0.15, 0.2) is 25.3 Å². The first kappa shape index (κ1) is 25.7. The third-order valence-corrected chi connectivity index (χ3v) is 10.2. The minimum absolute atomic E-state index is 0.0458. The van der Waals surface area contributed by atoms with Crippen LogP contribution in [0.1, 0.15) is 18.9 Å². The normalized spacial score (nSPS) is 16.4. The number of aryl methyl sites for hydroxylation is 1. The van der Waals surface area contributed by atoms with Crippen molar-refractivity contribution in [1.29, 1.82) is 0 Å². The molecule has 1 saturated heterocycles. The SMILES string of the molecule is CCS(=O)(=O)c1cccc(-c2cccc3c2c2cc(C)cnc2n3OCCCN2CCS(=O)(=O)CC2)c1. The molecule has 3 heterocycles. The maximum absolute atomic E-state index is 12.5. The summed E-state index contributed by atoms with van der Waals surface area (Å²) in [6, 6.07) is 15.1. The fourth-order valence-electron chi connectivity index (χ4n) is 4.83. The number of rotatable bonds is 8. The fraction of sp³-hybridized carbons (Fsp3) is 0.370. The molecule has 0 N–H and O–H groups in total. The molecule has 0 aliphatic carbocycles. The zero-order chi connectivity index (χ0) is 26.2. The Labute approximate surface area is 217 Å². The van der Waals surface area contributed by atoms with Crippen molar-refractivity contribution in [2.24, 2.45) is 0 Å². The molecule has 1 fully saturated rings. The third-order valence-electron chi connectivity index (χ3n) is 6.89. The van der Waals surface area contributed by atoms with Gasteiger partial charge in [-0.1, -0.05) is 31.2 Å². The maximum atomic E-state index is 12.5. The Balaban J connectivity index is 1.48. The van der Waals surface area contributed by atoms with Crippen LogP contribution in [0.25, 0.3) is 33.1 Å². The summed E-state index contributed by atoms with van der Waals surface area (Å²) in [5.41, 5.74) is 4.32. The van der Waals surface area contributed by atoms with Crippen molar-refractivity contribution < 1.29 is 21.7 Å². The summed E-state index contributed by atoms with van der Waals surface area (Å²) in [5, 5.41) is 1.90. The molecule has 5 rings (SSSR count). The molecule has 0 atom stereocenters. The van der Waals surface area contributed by atoms with Gasteiger partial charge in [-0.2, -0.15) is 4.73 Å². The summed E-state index contributed by atoms with van der Waals surface area (Å²) < 4.78 is 50.2. The van der Waals surface area contributed by atoms with Crippen molar-refractivity contribution in [2.75, 3.05) is 43.5 Å². The minimum Gasteiger partial charge on any atom is -0.412 e. The lowest BCUT2D eigenvalue weighted by Crippen LogP contribution is -2.41. The van der Waals surface area contributed by atoms with Gasteiger partial charge in [0.25, 0.3) is 0 Å². The molecule has 4 aromatic rings. The quantitative estimate of drug-likeness (QED) is 0.315. The van der Waals surface area contributed by atoms with Crippen LogP contribution < -0.4 is 4.84 Å². The molecular formula is C27H31N3O5S2. The maximum Gasteiger partial charge on any atom is 0.178 e. The van der Waals surface area contributed by atoms with Crippen molar-refractivity contribution in [1.82, 2.24) is 14.6 Å². The number of pyridine rings is 1. The van der Waals surface area contributed by atoms with E-state index in [4.69, 9.17) is 4.84 Å². The summed E-state index contributed by atoms with van der Waals surface area (Å²) in [6.45, 7) is 5.99. The van der Waals surface area contributed by atoms with Crippen LogP contribution in [0.5, 0.6) is 0 Å². The number of hydrogen-bond acceptors (Lipinski definition) is 7. The van der Waals surface area contributed by atoms with E-state index in [0.717, 1.165) is 45.9 Å². The topological polar surface area (TPSA) is 98.6 Å². The molecule has 8 nitrogen and oxygen atoms in total. The van der Waals surface area contributed by atoms with Crippen molar-refractivity contribution in [3.8, 4) is 11.1 Å². The largest absolute Gasteiger partial charge is 0.412 e. The predicted octanol–water partition coefficient (Wildman–Crippen LogP) is 3.51. The molecular weight excluding hydrogens is 510 g/mol. The minimum atomic E-state index is -3.34. The smallest absolute Gasteiger partial charge is 0.178 e. The molecule has 196 valence electrons. The van der Waals surface area contributed by atoms with E-state index >= 15 is 0 Å². The fourth-order valence-corrected chi connectivity index (χ4v) is 7.03. The molecule has 0 spiro atoms. The highest BCUT2D eigenvalue weighted by molar-refractivity contribution is 7.91. The lowest BCUT2D eigenvalue weighted by Gasteiger charge is -2.26. The summed E-state index contributed by atoms with van der Waals surface area (Å²) in [5.74, 6) is 0.477. The first-order valence-corrected chi connectivity index (χ1v) is 15.9.